The second-order valence-corrected chi connectivity index (χ2v) is 6.01. The van der Waals surface area contributed by atoms with Gasteiger partial charge in [-0.3, -0.25) is 4.79 Å². The third-order valence-corrected chi connectivity index (χ3v) is 4.15. The zero-order valence-electron chi connectivity index (χ0n) is 13.4. The molecule has 0 aliphatic carbocycles. The van der Waals surface area contributed by atoms with Crippen molar-refractivity contribution in [3.05, 3.63) is 59.5 Å². The molecule has 128 valence electrons. The van der Waals surface area contributed by atoms with Crippen LogP contribution in [0.5, 0.6) is 0 Å². The van der Waals surface area contributed by atoms with Crippen molar-refractivity contribution in [3.63, 3.8) is 0 Å². The Kier molecular flexibility index (Phi) is 5.14. The largest absolute Gasteiger partial charge is 0.460 e. The fraction of sp³-hybridized carbons (Fsp3) is 0.125. The number of hydrogen-bond acceptors (Lipinski definition) is 8. The van der Waals surface area contributed by atoms with Crippen molar-refractivity contribution < 1.29 is 9.21 Å². The van der Waals surface area contributed by atoms with Gasteiger partial charge in [-0.2, -0.15) is 5.10 Å². The average molecular weight is 356 g/mol. The van der Waals surface area contributed by atoms with Crippen molar-refractivity contribution in [2.75, 3.05) is 17.0 Å². The van der Waals surface area contributed by atoms with Gasteiger partial charge in [0.25, 0.3) is 5.95 Å². The van der Waals surface area contributed by atoms with E-state index in [1.165, 1.54) is 22.7 Å². The van der Waals surface area contributed by atoms with Gasteiger partial charge < -0.3 is 10.3 Å². The smallest absolute Gasteiger partial charge is 0.264 e. The Bertz CT molecular complexity index is 887. The summed E-state index contributed by atoms with van der Waals surface area (Å²) in [4.78, 5) is 12.1. The van der Waals surface area contributed by atoms with Crippen LogP contribution in [0.4, 0.5) is 5.95 Å². The van der Waals surface area contributed by atoms with E-state index in [2.05, 4.69) is 20.7 Å². The Hall–Kier alpha value is -3.07. The van der Waals surface area contributed by atoms with Crippen molar-refractivity contribution in [1.29, 1.82) is 0 Å². The number of aryl methyl sites for hydroxylation is 1. The van der Waals surface area contributed by atoms with E-state index >= 15 is 0 Å². The minimum atomic E-state index is -0.00526. The average Bonchev–Trinajstić information content (AvgIpc) is 3.20. The molecule has 0 radical (unpaired) electrons. The van der Waals surface area contributed by atoms with Gasteiger partial charge in [0.1, 0.15) is 11.5 Å². The van der Waals surface area contributed by atoms with Crippen LogP contribution in [0.3, 0.4) is 0 Å². The van der Waals surface area contributed by atoms with Gasteiger partial charge in [-0.15, -0.1) is 10.2 Å². The second-order valence-electron chi connectivity index (χ2n) is 5.07. The molecule has 0 atom stereocenters. The van der Waals surface area contributed by atoms with Crippen molar-refractivity contribution in [2.45, 2.75) is 12.1 Å². The highest BCUT2D eigenvalue weighted by molar-refractivity contribution is 7.99. The Morgan fingerprint density at radius 3 is 2.84 bits per heavy atom. The number of carbonyl (C=O) groups excluding carboxylic acids is 1. The minimum Gasteiger partial charge on any atom is -0.460 e. The van der Waals surface area contributed by atoms with Gasteiger partial charge in [0.05, 0.1) is 12.0 Å². The molecule has 2 heterocycles. The van der Waals surface area contributed by atoms with E-state index < -0.39 is 0 Å². The number of anilines is 1. The molecule has 0 saturated heterocycles. The summed E-state index contributed by atoms with van der Waals surface area (Å²) in [5.41, 5.74) is 3.33. The van der Waals surface area contributed by atoms with E-state index in [0.29, 0.717) is 16.5 Å². The minimum absolute atomic E-state index is 0.00526. The summed E-state index contributed by atoms with van der Waals surface area (Å²) in [5.74, 6) is 7.79. The van der Waals surface area contributed by atoms with Crippen molar-refractivity contribution in [1.82, 2.24) is 14.9 Å². The number of aromatic nitrogens is 3. The summed E-state index contributed by atoms with van der Waals surface area (Å²) < 4.78 is 6.60. The van der Waals surface area contributed by atoms with Crippen LogP contribution in [0.1, 0.15) is 21.9 Å². The molecule has 0 aliphatic heterocycles. The monoisotopic (exact) mass is 356 g/mol. The maximum Gasteiger partial charge on any atom is 0.264 e. The number of nitrogens with zero attached hydrogens (tertiary/aromatic N) is 4. The number of Topliss-reactive ketones (excluding diaryl/α,β-unsaturated/α-hetero) is 1. The van der Waals surface area contributed by atoms with Gasteiger partial charge >= 0.3 is 0 Å². The van der Waals surface area contributed by atoms with Crippen LogP contribution in [0.2, 0.25) is 0 Å². The highest BCUT2D eigenvalue weighted by Crippen LogP contribution is 2.18. The number of furan rings is 1. The summed E-state index contributed by atoms with van der Waals surface area (Å²) in [6.07, 6.45) is 1.51. The molecule has 0 amide bonds. The molecular weight excluding hydrogens is 340 g/mol. The maximum atomic E-state index is 12.1. The number of ketones is 1. The van der Waals surface area contributed by atoms with Crippen molar-refractivity contribution in [3.8, 4) is 0 Å². The summed E-state index contributed by atoms with van der Waals surface area (Å²) in [5, 5.41) is 12.3. The maximum absolute atomic E-state index is 12.1. The quantitative estimate of drug-likeness (QED) is 0.220. The molecule has 9 heteroatoms. The molecule has 0 fully saturated rings. The Balaban J connectivity index is 1.57. The van der Waals surface area contributed by atoms with E-state index in [0.717, 1.165) is 5.76 Å². The van der Waals surface area contributed by atoms with Gasteiger partial charge in [0.15, 0.2) is 5.78 Å². The van der Waals surface area contributed by atoms with Crippen LogP contribution in [-0.2, 0) is 0 Å². The van der Waals surface area contributed by atoms with Gasteiger partial charge in [0.2, 0.25) is 5.16 Å². The van der Waals surface area contributed by atoms with Crippen LogP contribution < -0.4 is 11.3 Å². The number of hydrazone groups is 1. The van der Waals surface area contributed by atoms with Crippen LogP contribution in [-0.4, -0.2) is 32.6 Å². The van der Waals surface area contributed by atoms with E-state index in [9.17, 15) is 4.79 Å². The topological polar surface area (TPSA) is 111 Å². The van der Waals surface area contributed by atoms with E-state index in [1.54, 1.807) is 18.2 Å². The fourth-order valence-corrected chi connectivity index (χ4v) is 2.72. The molecule has 25 heavy (non-hydrogen) atoms. The number of rotatable bonds is 7. The van der Waals surface area contributed by atoms with Gasteiger partial charge in [-0.25, -0.2) is 10.1 Å². The van der Waals surface area contributed by atoms with Crippen LogP contribution in [0, 0.1) is 6.92 Å². The Labute approximate surface area is 148 Å². The summed E-state index contributed by atoms with van der Waals surface area (Å²) in [6, 6.07) is 12.7. The third-order valence-electron chi connectivity index (χ3n) is 3.21. The molecule has 0 aliphatic rings. The first-order chi connectivity index (χ1) is 12.1. The lowest BCUT2D eigenvalue weighted by atomic mass is 10.2. The predicted octanol–water partition coefficient (Wildman–Crippen LogP) is 2.31. The molecule has 0 spiro atoms. The molecule has 8 nitrogen and oxygen atoms in total. The zero-order chi connectivity index (χ0) is 17.6. The molecule has 3 rings (SSSR count). The number of nitrogens with two attached hydrogens (primary N) is 1. The highest BCUT2D eigenvalue weighted by Gasteiger charge is 2.12. The molecule has 3 N–H and O–H groups in total. The number of nitrogens with one attached hydrogen (secondary N) is 1. The zero-order valence-corrected chi connectivity index (χ0v) is 14.2. The molecule has 1 aromatic carbocycles. The molecule has 0 bridgehead atoms. The number of thioether (sulfide) groups is 1. The third kappa shape index (κ3) is 4.27. The van der Waals surface area contributed by atoms with E-state index in [-0.39, 0.29) is 17.5 Å². The molecular formula is C16H16N6O2S. The summed E-state index contributed by atoms with van der Waals surface area (Å²) in [7, 11) is 0. The van der Waals surface area contributed by atoms with Crippen molar-refractivity contribution in [2.24, 2.45) is 5.10 Å². The molecule has 2 aromatic heterocycles. The van der Waals surface area contributed by atoms with E-state index in [1.807, 2.05) is 31.2 Å². The van der Waals surface area contributed by atoms with Gasteiger partial charge in [-0.05, 0) is 19.1 Å². The fourth-order valence-electron chi connectivity index (χ4n) is 1.97. The Morgan fingerprint density at radius 1 is 1.32 bits per heavy atom. The SMILES string of the molecule is Cc1ccc(/C=N/Nc2nnc(SCC(=O)c3ccccc3)n2N)o1. The summed E-state index contributed by atoms with van der Waals surface area (Å²) in [6.45, 7) is 1.85. The van der Waals surface area contributed by atoms with Gasteiger partial charge in [-0.1, -0.05) is 42.1 Å². The second kappa shape index (κ2) is 7.67. The van der Waals surface area contributed by atoms with Gasteiger partial charge in [0, 0.05) is 5.56 Å². The molecule has 3 aromatic rings. The van der Waals surface area contributed by atoms with E-state index in [4.69, 9.17) is 10.3 Å². The number of carbonyl (C=O) groups is 1. The lowest BCUT2D eigenvalue weighted by Crippen LogP contribution is -2.14. The predicted molar refractivity (Wildman–Crippen MR) is 96.3 cm³/mol. The first-order valence-electron chi connectivity index (χ1n) is 7.40. The molecule has 0 saturated carbocycles. The normalized spacial score (nSPS) is 11.1. The molecule has 0 unspecified atom stereocenters. The number of nitrogen functional groups attached to an aromatic ring is 1. The van der Waals surface area contributed by atoms with Crippen molar-refractivity contribution >= 4 is 29.7 Å². The lowest BCUT2D eigenvalue weighted by Gasteiger charge is -2.02. The number of benzene rings is 1. The number of hydrogen-bond donors (Lipinski definition) is 2. The first-order valence-corrected chi connectivity index (χ1v) is 8.39. The standard InChI is InChI=1S/C16H16N6O2S/c1-11-7-8-13(24-11)9-18-19-15-20-21-16(22(15)17)25-10-14(23)12-5-3-2-4-6-12/h2-9H,10,17H2,1H3,(H,19,20)/b18-9+. The lowest BCUT2D eigenvalue weighted by molar-refractivity contribution is 0.102. The van der Waals surface area contributed by atoms with Crippen LogP contribution >= 0.6 is 11.8 Å². The van der Waals surface area contributed by atoms with Crippen LogP contribution in [0.25, 0.3) is 0 Å². The first kappa shape index (κ1) is 16.8. The highest BCUT2D eigenvalue weighted by atomic mass is 32.2. The van der Waals surface area contributed by atoms with Crippen LogP contribution in [0.15, 0.2) is 57.1 Å². The Morgan fingerprint density at radius 2 is 2.12 bits per heavy atom. The summed E-state index contributed by atoms with van der Waals surface area (Å²) >= 11 is 1.21.